The average Bonchev–Trinajstić information content (AvgIpc) is 3.07. The summed E-state index contributed by atoms with van der Waals surface area (Å²) in [6.45, 7) is 3.11. The minimum atomic E-state index is -0.927. The van der Waals surface area contributed by atoms with Crippen molar-refractivity contribution in [1.82, 2.24) is 9.80 Å². The van der Waals surface area contributed by atoms with E-state index in [2.05, 4.69) is 0 Å². The summed E-state index contributed by atoms with van der Waals surface area (Å²) in [5, 5.41) is 8.97. The highest BCUT2D eigenvalue weighted by atomic mass is 16.4. The normalized spacial score (nSPS) is 23.2. The Balaban J connectivity index is 2.02. The largest absolute Gasteiger partial charge is 0.480 e. The first-order valence-corrected chi connectivity index (χ1v) is 7.90. The molecule has 114 valence electrons. The van der Waals surface area contributed by atoms with Crippen LogP contribution in [0.25, 0.3) is 0 Å². The van der Waals surface area contributed by atoms with E-state index in [1.54, 1.807) is 0 Å². The van der Waals surface area contributed by atoms with Crippen LogP contribution in [0.5, 0.6) is 0 Å². The lowest BCUT2D eigenvalue weighted by atomic mass is 9.96. The molecule has 1 saturated heterocycles. The Hall–Kier alpha value is -1.26. The Kier molecular flexibility index (Phi) is 5.26. The van der Waals surface area contributed by atoms with E-state index in [9.17, 15) is 9.59 Å². The fraction of sp³-hybridized carbons (Fsp3) is 0.867. The molecule has 1 aliphatic heterocycles. The molecule has 2 aliphatic rings. The number of nitrogens with zero attached hydrogens (tertiary/aromatic N) is 2. The van der Waals surface area contributed by atoms with Crippen molar-refractivity contribution in [2.75, 3.05) is 19.6 Å². The van der Waals surface area contributed by atoms with E-state index in [0.29, 0.717) is 18.5 Å². The first-order chi connectivity index (χ1) is 9.63. The van der Waals surface area contributed by atoms with E-state index in [1.165, 1.54) is 30.6 Å². The van der Waals surface area contributed by atoms with E-state index < -0.39 is 5.97 Å². The Bertz CT molecular complexity index is 353. The van der Waals surface area contributed by atoms with Crippen molar-refractivity contribution in [2.45, 2.75) is 57.9 Å². The molecule has 2 fully saturated rings. The van der Waals surface area contributed by atoms with Crippen molar-refractivity contribution in [2.24, 2.45) is 5.92 Å². The lowest BCUT2D eigenvalue weighted by Gasteiger charge is -2.33. The maximum absolute atomic E-state index is 12.6. The van der Waals surface area contributed by atoms with Crippen LogP contribution in [0.2, 0.25) is 0 Å². The second-order valence-electron chi connectivity index (χ2n) is 6.05. The van der Waals surface area contributed by atoms with Crippen LogP contribution in [0.4, 0.5) is 4.79 Å². The van der Waals surface area contributed by atoms with Gasteiger partial charge in [-0.1, -0.05) is 19.8 Å². The van der Waals surface area contributed by atoms with Crippen molar-refractivity contribution in [1.29, 1.82) is 0 Å². The molecule has 5 nitrogen and oxygen atoms in total. The van der Waals surface area contributed by atoms with Crippen LogP contribution in [0, 0.1) is 5.92 Å². The van der Waals surface area contributed by atoms with Gasteiger partial charge in [0, 0.05) is 19.1 Å². The van der Waals surface area contributed by atoms with Gasteiger partial charge in [-0.15, -0.1) is 0 Å². The minimum Gasteiger partial charge on any atom is -0.480 e. The molecule has 0 aromatic rings. The molecule has 0 spiro atoms. The fourth-order valence-electron chi connectivity index (χ4n) is 3.72. The first kappa shape index (κ1) is 15.1. The maximum atomic E-state index is 12.6. The van der Waals surface area contributed by atoms with Crippen LogP contribution in [0.1, 0.15) is 51.9 Å². The van der Waals surface area contributed by atoms with Gasteiger partial charge in [0.05, 0.1) is 0 Å². The zero-order chi connectivity index (χ0) is 14.5. The Morgan fingerprint density at radius 3 is 2.50 bits per heavy atom. The predicted molar refractivity (Wildman–Crippen MR) is 76.6 cm³/mol. The summed E-state index contributed by atoms with van der Waals surface area (Å²) in [5.74, 6) is -0.293. The van der Waals surface area contributed by atoms with Crippen LogP contribution in [0.3, 0.4) is 0 Å². The molecule has 0 aromatic heterocycles. The zero-order valence-electron chi connectivity index (χ0n) is 12.4. The predicted octanol–water partition coefficient (Wildman–Crippen LogP) is 2.56. The third kappa shape index (κ3) is 3.44. The Morgan fingerprint density at radius 2 is 1.90 bits per heavy atom. The van der Waals surface area contributed by atoms with Gasteiger partial charge >= 0.3 is 12.0 Å². The number of amides is 2. The monoisotopic (exact) mass is 282 g/mol. The van der Waals surface area contributed by atoms with E-state index in [-0.39, 0.29) is 12.6 Å². The summed E-state index contributed by atoms with van der Waals surface area (Å²) in [4.78, 5) is 27.0. The number of carboxylic acid groups (broad SMARTS) is 1. The maximum Gasteiger partial charge on any atom is 0.323 e. The van der Waals surface area contributed by atoms with Crippen LogP contribution < -0.4 is 0 Å². The molecule has 1 heterocycles. The first-order valence-electron chi connectivity index (χ1n) is 7.90. The number of carbonyl (C=O) groups excluding carboxylic acids is 1. The van der Waals surface area contributed by atoms with Gasteiger partial charge in [-0.25, -0.2) is 4.79 Å². The summed E-state index contributed by atoms with van der Waals surface area (Å²) >= 11 is 0. The summed E-state index contributed by atoms with van der Waals surface area (Å²) < 4.78 is 0. The number of aliphatic carboxylic acids is 1. The fourth-order valence-corrected chi connectivity index (χ4v) is 3.72. The third-order valence-corrected chi connectivity index (χ3v) is 4.58. The molecule has 1 atom stereocenters. The van der Waals surface area contributed by atoms with Gasteiger partial charge in [-0.2, -0.15) is 0 Å². The van der Waals surface area contributed by atoms with Crippen molar-refractivity contribution < 1.29 is 14.7 Å². The molecule has 1 N–H and O–H groups in total. The van der Waals surface area contributed by atoms with Crippen LogP contribution in [-0.4, -0.2) is 52.6 Å². The zero-order valence-corrected chi connectivity index (χ0v) is 12.4. The van der Waals surface area contributed by atoms with Gasteiger partial charge in [0.25, 0.3) is 0 Å². The molecule has 2 rings (SSSR count). The molecular formula is C15H26N2O3. The quantitative estimate of drug-likeness (QED) is 0.843. The number of carboxylic acids is 1. The number of carbonyl (C=O) groups is 2. The van der Waals surface area contributed by atoms with Gasteiger partial charge in [0.15, 0.2) is 0 Å². The molecule has 5 heteroatoms. The number of rotatable bonds is 5. The van der Waals surface area contributed by atoms with Gasteiger partial charge in [0.1, 0.15) is 6.54 Å². The molecular weight excluding hydrogens is 256 g/mol. The molecule has 1 aliphatic carbocycles. The highest BCUT2D eigenvalue weighted by molar-refractivity contribution is 5.80. The van der Waals surface area contributed by atoms with Gasteiger partial charge in [-0.3, -0.25) is 4.79 Å². The van der Waals surface area contributed by atoms with Gasteiger partial charge in [-0.05, 0) is 38.0 Å². The van der Waals surface area contributed by atoms with Gasteiger partial charge < -0.3 is 14.9 Å². The molecule has 20 heavy (non-hydrogen) atoms. The lowest BCUT2D eigenvalue weighted by molar-refractivity contribution is -0.137. The Labute approximate surface area is 120 Å². The number of hydrogen-bond acceptors (Lipinski definition) is 2. The van der Waals surface area contributed by atoms with E-state index >= 15 is 0 Å². The molecule has 1 saturated carbocycles. The average molecular weight is 282 g/mol. The number of hydrogen-bond donors (Lipinski definition) is 1. The molecule has 2 amide bonds. The SMILES string of the molecule is CCCN(CC(=O)O)C(=O)N1CCCC1C1CCCC1. The molecule has 1 unspecified atom stereocenters. The molecule has 0 radical (unpaired) electrons. The standard InChI is InChI=1S/C15H26N2O3/c1-2-9-16(11-14(18)19)15(20)17-10-5-8-13(17)12-6-3-4-7-12/h12-13H,2-11H2,1H3,(H,18,19). The van der Waals surface area contributed by atoms with Crippen LogP contribution >= 0.6 is 0 Å². The van der Waals surface area contributed by atoms with Crippen molar-refractivity contribution in [3.63, 3.8) is 0 Å². The number of likely N-dealkylation sites (tertiary alicyclic amines) is 1. The van der Waals surface area contributed by atoms with E-state index in [0.717, 1.165) is 25.8 Å². The topological polar surface area (TPSA) is 60.9 Å². The van der Waals surface area contributed by atoms with Crippen molar-refractivity contribution in [3.8, 4) is 0 Å². The van der Waals surface area contributed by atoms with Crippen molar-refractivity contribution in [3.05, 3.63) is 0 Å². The summed E-state index contributed by atoms with van der Waals surface area (Å²) in [7, 11) is 0. The van der Waals surface area contributed by atoms with Crippen LogP contribution in [0.15, 0.2) is 0 Å². The second kappa shape index (κ2) is 6.95. The third-order valence-electron chi connectivity index (χ3n) is 4.58. The molecule has 0 aromatic carbocycles. The number of urea groups is 1. The summed E-state index contributed by atoms with van der Waals surface area (Å²) in [5.41, 5.74) is 0. The van der Waals surface area contributed by atoms with E-state index in [4.69, 9.17) is 5.11 Å². The smallest absolute Gasteiger partial charge is 0.323 e. The van der Waals surface area contributed by atoms with Crippen LogP contribution in [-0.2, 0) is 4.79 Å². The summed E-state index contributed by atoms with van der Waals surface area (Å²) in [6.07, 6.45) is 7.93. The second-order valence-corrected chi connectivity index (χ2v) is 6.05. The highest BCUT2D eigenvalue weighted by Crippen LogP contribution is 2.35. The molecule has 0 bridgehead atoms. The minimum absolute atomic E-state index is 0.0661. The van der Waals surface area contributed by atoms with E-state index in [1.807, 2.05) is 11.8 Å². The lowest BCUT2D eigenvalue weighted by Crippen LogP contribution is -2.49. The Morgan fingerprint density at radius 1 is 1.20 bits per heavy atom. The van der Waals surface area contributed by atoms with Gasteiger partial charge in [0.2, 0.25) is 0 Å². The van der Waals surface area contributed by atoms with Crippen molar-refractivity contribution >= 4 is 12.0 Å². The highest BCUT2D eigenvalue weighted by Gasteiger charge is 2.37. The summed E-state index contributed by atoms with van der Waals surface area (Å²) in [6, 6.07) is 0.279.